The van der Waals surface area contributed by atoms with Crippen molar-refractivity contribution in [2.75, 3.05) is 24.4 Å². The van der Waals surface area contributed by atoms with E-state index in [0.29, 0.717) is 6.54 Å². The van der Waals surface area contributed by atoms with Gasteiger partial charge in [0.2, 0.25) is 0 Å². The van der Waals surface area contributed by atoms with Crippen molar-refractivity contribution >= 4 is 46.0 Å². The van der Waals surface area contributed by atoms with Gasteiger partial charge in [-0.15, -0.1) is 23.5 Å². The van der Waals surface area contributed by atoms with Crippen molar-refractivity contribution in [3.05, 3.63) is 59.8 Å². The number of nitrogens with zero attached hydrogens (tertiary/aromatic N) is 1. The number of unbranched alkanes of at least 4 members (excludes halogenated alkanes) is 2. The monoisotopic (exact) mass is 467 g/mol. The molecule has 6 heteroatoms. The van der Waals surface area contributed by atoms with Gasteiger partial charge in [-0.05, 0) is 48.3 Å². The van der Waals surface area contributed by atoms with Crippen molar-refractivity contribution in [1.82, 2.24) is 10.3 Å². The number of aryl methyl sites for hydroxylation is 1. The van der Waals surface area contributed by atoms with Crippen LogP contribution >= 0.6 is 23.5 Å². The largest absolute Gasteiger partial charge is 0.337 e. The molecule has 4 nitrogen and oxygen atoms in total. The first-order chi connectivity index (χ1) is 15.6. The third-order valence-electron chi connectivity index (χ3n) is 5.66. The van der Waals surface area contributed by atoms with E-state index in [2.05, 4.69) is 65.0 Å². The van der Waals surface area contributed by atoms with E-state index in [-0.39, 0.29) is 11.9 Å². The van der Waals surface area contributed by atoms with Crippen LogP contribution < -0.4 is 10.6 Å². The maximum atomic E-state index is 12.9. The van der Waals surface area contributed by atoms with Crippen LogP contribution in [0.1, 0.15) is 49.8 Å². The van der Waals surface area contributed by atoms with Gasteiger partial charge in [0.05, 0.1) is 5.69 Å². The summed E-state index contributed by atoms with van der Waals surface area (Å²) in [6.45, 7) is 4.81. The molecule has 32 heavy (non-hydrogen) atoms. The number of thioether (sulfide) groups is 2. The molecule has 0 spiro atoms. The van der Waals surface area contributed by atoms with Crippen LogP contribution in [0.4, 0.5) is 10.5 Å². The maximum Gasteiger partial charge on any atom is 0.319 e. The number of amides is 2. The van der Waals surface area contributed by atoms with Crippen LogP contribution in [0.2, 0.25) is 0 Å². The van der Waals surface area contributed by atoms with Crippen molar-refractivity contribution in [3.8, 4) is 0 Å². The zero-order valence-corrected chi connectivity index (χ0v) is 21.0. The fourth-order valence-electron chi connectivity index (χ4n) is 4.03. The molecular weight excluding hydrogens is 434 g/mol. The van der Waals surface area contributed by atoms with Crippen LogP contribution in [0.25, 0.3) is 10.8 Å². The normalized spacial score (nSPS) is 12.0. The molecule has 2 aromatic carbocycles. The highest BCUT2D eigenvalue weighted by atomic mass is 32.2. The molecule has 0 fully saturated rings. The number of pyridine rings is 1. The summed E-state index contributed by atoms with van der Waals surface area (Å²) in [5, 5.41) is 9.57. The first-order valence-corrected chi connectivity index (χ1v) is 13.6. The molecule has 1 aromatic heterocycles. The first-order valence-electron chi connectivity index (χ1n) is 11.2. The molecule has 0 saturated carbocycles. The molecule has 0 radical (unpaired) electrons. The minimum Gasteiger partial charge on any atom is -0.337 e. The molecule has 1 atom stereocenters. The molecule has 3 aromatic rings. The zero-order valence-electron chi connectivity index (χ0n) is 19.4. The maximum absolute atomic E-state index is 12.9. The highest BCUT2D eigenvalue weighted by molar-refractivity contribution is 7.99. The number of rotatable bonds is 10. The number of carbonyl (C=O) groups is 1. The average molecular weight is 468 g/mol. The molecule has 3 rings (SSSR count). The molecule has 2 N–H and O–H groups in total. The summed E-state index contributed by atoms with van der Waals surface area (Å²) in [7, 11) is 0. The summed E-state index contributed by atoms with van der Waals surface area (Å²) in [4.78, 5) is 18.5. The van der Waals surface area contributed by atoms with Gasteiger partial charge >= 0.3 is 6.03 Å². The van der Waals surface area contributed by atoms with Gasteiger partial charge in [-0.3, -0.25) is 0 Å². The Hall–Kier alpha value is -2.18. The minimum atomic E-state index is -0.179. The van der Waals surface area contributed by atoms with Crippen LogP contribution in [0, 0.1) is 6.92 Å². The first kappa shape index (κ1) is 24.5. The summed E-state index contributed by atoms with van der Waals surface area (Å²) in [5.74, 6) is 0.273. The molecule has 0 aliphatic carbocycles. The predicted molar refractivity (Wildman–Crippen MR) is 140 cm³/mol. The van der Waals surface area contributed by atoms with E-state index in [0.717, 1.165) is 34.1 Å². The van der Waals surface area contributed by atoms with Gasteiger partial charge in [-0.25, -0.2) is 9.78 Å². The van der Waals surface area contributed by atoms with Crippen molar-refractivity contribution in [2.45, 2.75) is 55.4 Å². The smallest absolute Gasteiger partial charge is 0.319 e. The third-order valence-corrected chi connectivity index (χ3v) is 7.10. The minimum absolute atomic E-state index is 0.179. The number of nitrogens with one attached hydrogen (secondary N) is 2. The topological polar surface area (TPSA) is 54.0 Å². The predicted octanol–water partition coefficient (Wildman–Crippen LogP) is 7.47. The second-order valence-corrected chi connectivity index (χ2v) is 9.59. The van der Waals surface area contributed by atoms with E-state index in [4.69, 9.17) is 0 Å². The molecule has 0 aliphatic heterocycles. The summed E-state index contributed by atoms with van der Waals surface area (Å²) in [6.07, 6.45) is 8.61. The molecular formula is C26H33N3OS2. The molecule has 0 bridgehead atoms. The van der Waals surface area contributed by atoms with Crippen molar-refractivity contribution < 1.29 is 4.79 Å². The van der Waals surface area contributed by atoms with Gasteiger partial charge < -0.3 is 10.6 Å². The summed E-state index contributed by atoms with van der Waals surface area (Å²) >= 11 is 3.17. The second-order valence-electron chi connectivity index (χ2n) is 7.95. The Morgan fingerprint density at radius 2 is 1.84 bits per heavy atom. The molecule has 0 saturated heterocycles. The van der Waals surface area contributed by atoms with Gasteiger partial charge in [-0.1, -0.05) is 68.7 Å². The van der Waals surface area contributed by atoms with Gasteiger partial charge in [-0.2, -0.15) is 0 Å². The Labute approximate surface area is 200 Å². The van der Waals surface area contributed by atoms with Gasteiger partial charge in [0.15, 0.2) is 0 Å². The van der Waals surface area contributed by atoms with Crippen molar-refractivity contribution in [3.63, 3.8) is 0 Å². The van der Waals surface area contributed by atoms with Crippen LogP contribution in [0.15, 0.2) is 58.5 Å². The summed E-state index contributed by atoms with van der Waals surface area (Å²) in [6, 6.07) is 16.8. The van der Waals surface area contributed by atoms with Crippen molar-refractivity contribution in [2.24, 2.45) is 0 Å². The Balaban J connectivity index is 1.77. The number of hydrogen-bond donors (Lipinski definition) is 2. The van der Waals surface area contributed by atoms with E-state index >= 15 is 0 Å². The number of hydrogen-bond acceptors (Lipinski definition) is 4. The molecule has 0 aliphatic rings. The highest BCUT2D eigenvalue weighted by Gasteiger charge is 2.17. The Morgan fingerprint density at radius 3 is 2.59 bits per heavy atom. The SMILES string of the molecule is CCCCCC(CNC(=O)Nc1c(SC)cc(C)nc1SC)c1cccc2ccccc12. The lowest BCUT2D eigenvalue weighted by Gasteiger charge is -2.21. The third kappa shape index (κ3) is 6.20. The van der Waals surface area contributed by atoms with Crippen LogP contribution in [-0.4, -0.2) is 30.1 Å². The average Bonchev–Trinajstić information content (AvgIpc) is 2.81. The fourth-order valence-corrected chi connectivity index (χ4v) is 5.33. The van der Waals surface area contributed by atoms with E-state index in [1.807, 2.05) is 25.5 Å². The molecule has 1 unspecified atom stereocenters. The lowest BCUT2D eigenvalue weighted by atomic mass is 9.89. The summed E-state index contributed by atoms with van der Waals surface area (Å²) < 4.78 is 0. The lowest BCUT2D eigenvalue weighted by molar-refractivity contribution is 0.251. The Morgan fingerprint density at radius 1 is 1.06 bits per heavy atom. The standard InChI is InChI=1S/C26H33N3OS2/c1-5-6-7-12-20(22-15-10-13-19-11-8-9-14-21(19)22)17-27-26(30)29-24-23(31-3)16-18(2)28-25(24)32-4/h8-11,13-16,20H,5-7,12,17H2,1-4H3,(H2,27,29,30). The highest BCUT2D eigenvalue weighted by Crippen LogP contribution is 2.34. The number of aromatic nitrogens is 1. The molecule has 2 amide bonds. The van der Waals surface area contributed by atoms with Crippen LogP contribution in [0.3, 0.4) is 0 Å². The van der Waals surface area contributed by atoms with Gasteiger partial charge in [0.1, 0.15) is 5.03 Å². The number of anilines is 1. The van der Waals surface area contributed by atoms with E-state index in [9.17, 15) is 4.79 Å². The van der Waals surface area contributed by atoms with Gasteiger partial charge in [0, 0.05) is 23.1 Å². The number of fused-ring (bicyclic) bond motifs is 1. The fraction of sp³-hybridized carbons (Fsp3) is 0.385. The quantitative estimate of drug-likeness (QED) is 0.240. The molecule has 1 heterocycles. The number of urea groups is 1. The van der Waals surface area contributed by atoms with E-state index in [1.165, 1.54) is 29.2 Å². The zero-order chi connectivity index (χ0) is 22.9. The molecule has 170 valence electrons. The number of carbonyl (C=O) groups excluding carboxylic acids is 1. The van der Waals surface area contributed by atoms with Crippen molar-refractivity contribution in [1.29, 1.82) is 0 Å². The van der Waals surface area contributed by atoms with Gasteiger partial charge in [0.25, 0.3) is 0 Å². The lowest BCUT2D eigenvalue weighted by Crippen LogP contribution is -2.33. The van der Waals surface area contributed by atoms with Crippen LogP contribution in [-0.2, 0) is 0 Å². The number of benzene rings is 2. The summed E-state index contributed by atoms with van der Waals surface area (Å²) in [5.41, 5.74) is 3.06. The second kappa shape index (κ2) is 12.2. The van der Waals surface area contributed by atoms with E-state index < -0.39 is 0 Å². The Kier molecular flexibility index (Phi) is 9.30. The van der Waals surface area contributed by atoms with E-state index in [1.54, 1.807) is 23.5 Å². The Bertz CT molecular complexity index is 1020. The van der Waals surface area contributed by atoms with Crippen LogP contribution in [0.5, 0.6) is 0 Å².